The molecule has 3 N–H and O–H groups in total. The number of para-hydroxylation sites is 1. The lowest BCUT2D eigenvalue weighted by atomic mass is 9.99. The van der Waals surface area contributed by atoms with E-state index in [9.17, 15) is 4.79 Å². The number of quaternary nitrogens is 1. The number of carbonyl (C=O) groups is 1. The minimum Gasteiger partial charge on any atom is -0.493 e. The molecule has 27 heavy (non-hydrogen) atoms. The number of ether oxygens (including phenoxy) is 2. The van der Waals surface area contributed by atoms with Crippen molar-refractivity contribution < 1.29 is 19.2 Å². The summed E-state index contributed by atoms with van der Waals surface area (Å²) in [5.74, 6) is 1.28. The monoisotopic (exact) mass is 388 g/mol. The van der Waals surface area contributed by atoms with Crippen LogP contribution in [0.1, 0.15) is 46.4 Å². The van der Waals surface area contributed by atoms with Crippen LogP contribution in [0.5, 0.6) is 11.5 Å². The van der Waals surface area contributed by atoms with Crippen LogP contribution >= 0.6 is 11.3 Å². The first-order chi connectivity index (χ1) is 13.0. The molecule has 1 aromatic heterocycles. The quantitative estimate of drug-likeness (QED) is 0.749. The van der Waals surface area contributed by atoms with Crippen LogP contribution in [0.15, 0.2) is 18.2 Å². The van der Waals surface area contributed by atoms with Crippen molar-refractivity contribution in [1.82, 2.24) is 5.32 Å². The van der Waals surface area contributed by atoms with Crippen LogP contribution in [0.2, 0.25) is 0 Å². The maximum absolute atomic E-state index is 12.9. The Morgan fingerprint density at radius 1 is 1.22 bits per heavy atom. The molecule has 6 nitrogen and oxygen atoms in total. The maximum atomic E-state index is 12.9. The molecule has 0 saturated heterocycles. The van der Waals surface area contributed by atoms with Gasteiger partial charge in [-0.3, -0.25) is 4.79 Å². The van der Waals surface area contributed by atoms with Crippen LogP contribution in [0.4, 0.5) is 5.00 Å². The van der Waals surface area contributed by atoms with Gasteiger partial charge in [0.2, 0.25) is 0 Å². The summed E-state index contributed by atoms with van der Waals surface area (Å²) in [6, 6.07) is 6.30. The largest absolute Gasteiger partial charge is 0.493 e. The Balaban J connectivity index is 1.68. The molecule has 1 unspecified atom stereocenters. The second-order valence-corrected chi connectivity index (χ2v) is 8.44. The lowest BCUT2D eigenvalue weighted by molar-refractivity contribution is -0.936. The van der Waals surface area contributed by atoms with Crippen LogP contribution in [-0.2, 0) is 13.0 Å². The summed E-state index contributed by atoms with van der Waals surface area (Å²) < 4.78 is 10.9. The molecule has 144 valence electrons. The second kappa shape index (κ2) is 7.05. The summed E-state index contributed by atoms with van der Waals surface area (Å²) in [7, 11) is 3.23. The van der Waals surface area contributed by atoms with Crippen molar-refractivity contribution in [2.45, 2.75) is 39.0 Å². The highest BCUT2D eigenvalue weighted by Crippen LogP contribution is 2.42. The van der Waals surface area contributed by atoms with E-state index in [1.165, 1.54) is 10.4 Å². The van der Waals surface area contributed by atoms with Gasteiger partial charge in [0.05, 0.1) is 37.2 Å². The fourth-order valence-corrected chi connectivity index (χ4v) is 5.33. The van der Waals surface area contributed by atoms with Gasteiger partial charge in [0.25, 0.3) is 5.91 Å². The van der Waals surface area contributed by atoms with Crippen LogP contribution in [0, 0.1) is 0 Å². The van der Waals surface area contributed by atoms with Gasteiger partial charge in [-0.05, 0) is 25.5 Å². The average Bonchev–Trinajstić information content (AvgIpc) is 3.05. The molecule has 0 saturated carbocycles. The first kappa shape index (κ1) is 18.1. The molecule has 2 aromatic rings. The molecule has 0 aliphatic carbocycles. The van der Waals surface area contributed by atoms with Gasteiger partial charge in [-0.15, -0.1) is 11.3 Å². The number of carbonyl (C=O) groups excluding carboxylic acids is 1. The summed E-state index contributed by atoms with van der Waals surface area (Å²) in [5.41, 5.74) is 2.91. The zero-order chi connectivity index (χ0) is 19.1. The summed E-state index contributed by atoms with van der Waals surface area (Å²) in [5, 5.41) is 7.57. The fourth-order valence-electron chi connectivity index (χ4n) is 4.00. The smallest absolute Gasteiger partial charge is 0.256 e. The zero-order valence-corrected chi connectivity index (χ0v) is 17.0. The molecule has 7 heteroatoms. The Bertz CT molecular complexity index is 878. The normalized spacial score (nSPS) is 21.1. The number of amides is 1. The fraction of sp³-hybridized carbons (Fsp3) is 0.450. The van der Waals surface area contributed by atoms with E-state index in [1.54, 1.807) is 30.5 Å². The van der Waals surface area contributed by atoms with Crippen molar-refractivity contribution in [2.75, 3.05) is 26.1 Å². The highest BCUT2D eigenvalue weighted by molar-refractivity contribution is 7.16. The molecule has 2 atom stereocenters. The predicted molar refractivity (Wildman–Crippen MR) is 106 cm³/mol. The number of anilines is 1. The number of benzene rings is 1. The second-order valence-electron chi connectivity index (χ2n) is 7.33. The van der Waals surface area contributed by atoms with Crippen molar-refractivity contribution in [3.05, 3.63) is 39.8 Å². The summed E-state index contributed by atoms with van der Waals surface area (Å²) in [6.07, 6.45) is 0.611. The van der Waals surface area contributed by atoms with Gasteiger partial charge in [-0.1, -0.05) is 12.1 Å². The van der Waals surface area contributed by atoms with Gasteiger partial charge < -0.3 is 25.0 Å². The van der Waals surface area contributed by atoms with E-state index in [0.717, 1.165) is 35.6 Å². The Labute approximate surface area is 163 Å². The SMILES string of the molecule is COc1cccc([C@H]2NC(=O)c3c(sc4c3CC[NH+](C(C)C)C4)N2)c1OC. The third-order valence-corrected chi connectivity index (χ3v) is 6.68. The van der Waals surface area contributed by atoms with E-state index >= 15 is 0 Å². The van der Waals surface area contributed by atoms with Crippen molar-refractivity contribution >= 4 is 22.2 Å². The molecule has 2 aliphatic rings. The highest BCUT2D eigenvalue weighted by atomic mass is 32.1. The lowest BCUT2D eigenvalue weighted by Crippen LogP contribution is -3.14. The van der Waals surface area contributed by atoms with Crippen LogP contribution in [0.3, 0.4) is 0 Å². The van der Waals surface area contributed by atoms with E-state index in [-0.39, 0.29) is 12.1 Å². The third-order valence-electron chi connectivity index (χ3n) is 5.51. The molecule has 2 aliphatic heterocycles. The molecule has 3 heterocycles. The molecular weight excluding hydrogens is 362 g/mol. The summed E-state index contributed by atoms with van der Waals surface area (Å²) in [4.78, 5) is 15.9. The van der Waals surface area contributed by atoms with E-state index in [0.29, 0.717) is 17.5 Å². The van der Waals surface area contributed by atoms with Crippen LogP contribution in [-0.4, -0.2) is 32.7 Å². The molecule has 0 bridgehead atoms. The number of hydrogen-bond donors (Lipinski definition) is 3. The average molecular weight is 389 g/mol. The standard InChI is InChI=1S/C20H25N3O3S/c1-11(2)23-9-8-12-15(10-23)27-20-16(12)19(24)21-18(22-20)13-6-5-7-14(25-3)17(13)26-4/h5-7,11,18,22H,8-10H2,1-4H3,(H,21,24)/p+1/t18-/m0/s1. The Morgan fingerprint density at radius 2 is 2.04 bits per heavy atom. The lowest BCUT2D eigenvalue weighted by Gasteiger charge is -2.29. The van der Waals surface area contributed by atoms with Gasteiger partial charge in [-0.2, -0.15) is 0 Å². The van der Waals surface area contributed by atoms with Gasteiger partial charge >= 0.3 is 0 Å². The first-order valence-corrected chi connectivity index (χ1v) is 10.1. The van der Waals surface area contributed by atoms with Gasteiger partial charge in [0, 0.05) is 12.0 Å². The Morgan fingerprint density at radius 3 is 2.74 bits per heavy atom. The molecule has 0 radical (unpaired) electrons. The van der Waals surface area contributed by atoms with Gasteiger partial charge in [0.1, 0.15) is 17.7 Å². The van der Waals surface area contributed by atoms with E-state index in [1.807, 2.05) is 18.2 Å². The number of nitrogens with one attached hydrogen (secondary N) is 3. The number of methoxy groups -OCH3 is 2. The molecule has 0 fully saturated rings. The third kappa shape index (κ3) is 3.04. The van der Waals surface area contributed by atoms with Crippen molar-refractivity contribution in [2.24, 2.45) is 0 Å². The number of thiophene rings is 1. The summed E-state index contributed by atoms with van der Waals surface area (Å²) in [6.45, 7) is 6.58. The van der Waals surface area contributed by atoms with Crippen LogP contribution < -0.4 is 25.0 Å². The van der Waals surface area contributed by atoms with Crippen molar-refractivity contribution in [3.63, 3.8) is 0 Å². The molecule has 4 rings (SSSR count). The molecule has 1 amide bonds. The predicted octanol–water partition coefficient (Wildman–Crippen LogP) is 1.97. The first-order valence-electron chi connectivity index (χ1n) is 9.30. The Hall–Kier alpha value is -2.25. The number of rotatable bonds is 4. The maximum Gasteiger partial charge on any atom is 0.256 e. The van der Waals surface area contributed by atoms with Crippen LogP contribution in [0.25, 0.3) is 0 Å². The summed E-state index contributed by atoms with van der Waals surface area (Å²) >= 11 is 1.72. The molecular formula is C20H26N3O3S+. The number of fused-ring (bicyclic) bond motifs is 3. The van der Waals surface area contributed by atoms with Crippen molar-refractivity contribution in [1.29, 1.82) is 0 Å². The minimum atomic E-state index is -0.344. The highest BCUT2D eigenvalue weighted by Gasteiger charge is 2.36. The van der Waals surface area contributed by atoms with Crippen molar-refractivity contribution in [3.8, 4) is 11.5 Å². The zero-order valence-electron chi connectivity index (χ0n) is 16.1. The molecule has 0 spiro atoms. The van der Waals surface area contributed by atoms with E-state index < -0.39 is 0 Å². The number of hydrogen-bond acceptors (Lipinski definition) is 5. The topological polar surface area (TPSA) is 64.0 Å². The van der Waals surface area contributed by atoms with E-state index in [4.69, 9.17) is 9.47 Å². The Kier molecular flexibility index (Phi) is 4.74. The van der Waals surface area contributed by atoms with Gasteiger partial charge in [-0.25, -0.2) is 0 Å². The minimum absolute atomic E-state index is 0.0101. The van der Waals surface area contributed by atoms with Gasteiger partial charge in [0.15, 0.2) is 11.5 Å². The van der Waals surface area contributed by atoms with E-state index in [2.05, 4.69) is 24.5 Å². The molecule has 1 aromatic carbocycles.